The van der Waals surface area contributed by atoms with Gasteiger partial charge in [0.1, 0.15) is 21.4 Å². The summed E-state index contributed by atoms with van der Waals surface area (Å²) in [5.74, 6) is -1.75. The average Bonchev–Trinajstić information content (AvgIpc) is 3.47. The third-order valence-electron chi connectivity index (χ3n) is 4.63. The monoisotopic (exact) mass is 444 g/mol. The second-order valence-corrected chi connectivity index (χ2v) is 10.7. The summed E-state index contributed by atoms with van der Waals surface area (Å²) < 4.78 is 82.2. The van der Waals surface area contributed by atoms with Gasteiger partial charge in [-0.15, -0.1) is 0 Å². The van der Waals surface area contributed by atoms with Crippen LogP contribution in [0.2, 0.25) is 0 Å². The number of nitrogens with zero attached hydrogens (tertiary/aromatic N) is 1. The summed E-state index contributed by atoms with van der Waals surface area (Å²) in [6.07, 6.45) is 1.23. The van der Waals surface area contributed by atoms with Crippen LogP contribution in [0.1, 0.15) is 24.0 Å². The molecule has 0 heterocycles. The predicted molar refractivity (Wildman–Crippen MR) is 104 cm³/mol. The van der Waals surface area contributed by atoms with Gasteiger partial charge in [0.25, 0.3) is 0 Å². The highest BCUT2D eigenvalue weighted by atomic mass is 32.2. The van der Waals surface area contributed by atoms with Crippen LogP contribution in [-0.2, 0) is 20.0 Å². The topological polar surface area (TPSA) is 83.6 Å². The fraction of sp³-hybridized carbons (Fsp3) is 0.368. The fourth-order valence-corrected chi connectivity index (χ4v) is 6.00. The van der Waals surface area contributed by atoms with Crippen LogP contribution in [0.25, 0.3) is 0 Å². The standard InChI is InChI=1S/C19H22F2N2O4S2/c1-13-3-7-16(20)18(11-13)28(24,25)22-9-10-23(15-5-6-15)29(26,27)19-12-14(2)4-8-17(19)21/h3-4,7-8,11-12,15,22H,5-6,9-10H2,1-2H3. The lowest BCUT2D eigenvalue weighted by Crippen LogP contribution is -2.40. The maximum atomic E-state index is 14.2. The minimum Gasteiger partial charge on any atom is -0.210 e. The minimum atomic E-state index is -4.16. The molecule has 2 aromatic rings. The van der Waals surface area contributed by atoms with E-state index in [1.54, 1.807) is 13.8 Å². The highest BCUT2D eigenvalue weighted by Crippen LogP contribution is 2.32. The molecule has 158 valence electrons. The van der Waals surface area contributed by atoms with Crippen LogP contribution in [0, 0.1) is 25.5 Å². The van der Waals surface area contributed by atoms with Crippen molar-refractivity contribution in [3.63, 3.8) is 0 Å². The Labute approximate surface area is 169 Å². The van der Waals surface area contributed by atoms with Crippen molar-refractivity contribution in [1.29, 1.82) is 0 Å². The van der Waals surface area contributed by atoms with E-state index in [4.69, 9.17) is 0 Å². The predicted octanol–water partition coefficient (Wildman–Crippen LogP) is 2.71. The minimum absolute atomic E-state index is 0.187. The smallest absolute Gasteiger partial charge is 0.210 e. The molecule has 0 radical (unpaired) electrons. The Kier molecular flexibility index (Phi) is 6.09. The van der Waals surface area contributed by atoms with Crippen LogP contribution in [0.4, 0.5) is 8.78 Å². The first kappa shape index (κ1) is 21.8. The average molecular weight is 445 g/mol. The molecular weight excluding hydrogens is 422 g/mol. The molecule has 10 heteroatoms. The first-order chi connectivity index (χ1) is 13.5. The lowest BCUT2D eigenvalue weighted by Gasteiger charge is -2.22. The van der Waals surface area contributed by atoms with Crippen molar-refractivity contribution >= 4 is 20.0 Å². The second-order valence-electron chi connectivity index (χ2n) is 7.11. The van der Waals surface area contributed by atoms with E-state index in [0.717, 1.165) is 16.4 Å². The van der Waals surface area contributed by atoms with E-state index >= 15 is 0 Å². The molecule has 1 aliphatic rings. The van der Waals surface area contributed by atoms with Gasteiger partial charge in [0.15, 0.2) is 0 Å². The lowest BCUT2D eigenvalue weighted by molar-refractivity contribution is 0.402. The van der Waals surface area contributed by atoms with Gasteiger partial charge >= 0.3 is 0 Å². The Morgan fingerprint density at radius 2 is 1.45 bits per heavy atom. The lowest BCUT2D eigenvalue weighted by atomic mass is 10.2. The summed E-state index contributed by atoms with van der Waals surface area (Å²) in [5.41, 5.74) is 1.17. The van der Waals surface area contributed by atoms with Crippen LogP contribution < -0.4 is 4.72 Å². The van der Waals surface area contributed by atoms with E-state index in [1.807, 2.05) is 0 Å². The molecule has 0 amide bonds. The Morgan fingerprint density at radius 1 is 0.931 bits per heavy atom. The molecule has 0 atom stereocenters. The zero-order chi connectivity index (χ0) is 21.4. The zero-order valence-corrected chi connectivity index (χ0v) is 17.7. The maximum Gasteiger partial charge on any atom is 0.246 e. The van der Waals surface area contributed by atoms with Gasteiger partial charge in [0, 0.05) is 19.1 Å². The normalized spacial score (nSPS) is 15.1. The highest BCUT2D eigenvalue weighted by molar-refractivity contribution is 7.89. The Morgan fingerprint density at radius 3 is 2.00 bits per heavy atom. The molecule has 1 aliphatic carbocycles. The number of rotatable bonds is 8. The van der Waals surface area contributed by atoms with Crippen molar-refractivity contribution < 1.29 is 25.6 Å². The number of nitrogens with one attached hydrogen (secondary N) is 1. The maximum absolute atomic E-state index is 14.2. The van der Waals surface area contributed by atoms with Gasteiger partial charge in [-0.05, 0) is 62.1 Å². The number of halogens is 2. The molecule has 0 bridgehead atoms. The number of hydrogen-bond donors (Lipinski definition) is 1. The summed E-state index contributed by atoms with van der Waals surface area (Å²) in [6, 6.07) is 7.23. The molecule has 0 aliphatic heterocycles. The Hall–Kier alpha value is -1.88. The molecule has 3 rings (SSSR count). The Balaban J connectivity index is 1.79. The molecule has 1 fully saturated rings. The second kappa shape index (κ2) is 8.10. The molecular formula is C19H22F2N2O4S2. The largest absolute Gasteiger partial charge is 0.246 e. The summed E-state index contributed by atoms with van der Waals surface area (Å²) >= 11 is 0. The third kappa shape index (κ3) is 4.82. The molecule has 2 aromatic carbocycles. The van der Waals surface area contributed by atoms with Crippen molar-refractivity contribution in [3.05, 3.63) is 59.2 Å². The van der Waals surface area contributed by atoms with Crippen LogP contribution in [-0.4, -0.2) is 40.3 Å². The van der Waals surface area contributed by atoms with Gasteiger partial charge < -0.3 is 0 Å². The molecule has 1 N–H and O–H groups in total. The molecule has 6 nitrogen and oxygen atoms in total. The van der Waals surface area contributed by atoms with E-state index in [2.05, 4.69) is 4.72 Å². The van der Waals surface area contributed by atoms with E-state index in [9.17, 15) is 25.6 Å². The van der Waals surface area contributed by atoms with Crippen LogP contribution in [0.3, 0.4) is 0 Å². The van der Waals surface area contributed by atoms with Gasteiger partial charge in [-0.1, -0.05) is 12.1 Å². The van der Waals surface area contributed by atoms with E-state index in [0.29, 0.717) is 24.0 Å². The van der Waals surface area contributed by atoms with Crippen LogP contribution in [0.5, 0.6) is 0 Å². The SMILES string of the molecule is Cc1ccc(F)c(S(=O)(=O)NCCN(C2CC2)S(=O)(=O)c2cc(C)ccc2F)c1. The zero-order valence-electron chi connectivity index (χ0n) is 16.0. The number of sulfonamides is 2. The van der Waals surface area contributed by atoms with Crippen molar-refractivity contribution in [2.75, 3.05) is 13.1 Å². The van der Waals surface area contributed by atoms with Gasteiger partial charge in [-0.3, -0.25) is 0 Å². The van der Waals surface area contributed by atoms with Crippen LogP contribution >= 0.6 is 0 Å². The fourth-order valence-electron chi connectivity index (χ4n) is 2.98. The van der Waals surface area contributed by atoms with E-state index in [1.165, 1.54) is 24.3 Å². The van der Waals surface area contributed by atoms with Gasteiger partial charge in [-0.25, -0.2) is 30.3 Å². The highest BCUT2D eigenvalue weighted by Gasteiger charge is 2.39. The van der Waals surface area contributed by atoms with E-state index < -0.39 is 41.5 Å². The third-order valence-corrected chi connectivity index (χ3v) is 8.07. The summed E-state index contributed by atoms with van der Waals surface area (Å²) in [6.45, 7) is 2.84. The van der Waals surface area contributed by atoms with E-state index in [-0.39, 0.29) is 19.1 Å². The van der Waals surface area contributed by atoms with Crippen molar-refractivity contribution in [1.82, 2.24) is 9.03 Å². The summed E-state index contributed by atoms with van der Waals surface area (Å²) in [7, 11) is -8.30. The van der Waals surface area contributed by atoms with Crippen molar-refractivity contribution in [2.24, 2.45) is 0 Å². The quantitative estimate of drug-likeness (QED) is 0.679. The summed E-state index contributed by atoms with van der Waals surface area (Å²) in [5, 5.41) is 0. The van der Waals surface area contributed by atoms with Gasteiger partial charge in [0.05, 0.1) is 0 Å². The van der Waals surface area contributed by atoms with Crippen molar-refractivity contribution in [3.8, 4) is 0 Å². The molecule has 0 unspecified atom stereocenters. The first-order valence-corrected chi connectivity index (χ1v) is 12.0. The Bertz CT molecular complexity index is 1130. The molecule has 1 saturated carbocycles. The molecule has 0 aromatic heterocycles. The van der Waals surface area contributed by atoms with Crippen molar-refractivity contribution in [2.45, 2.75) is 42.5 Å². The number of benzene rings is 2. The molecule has 29 heavy (non-hydrogen) atoms. The number of aryl methyl sites for hydroxylation is 2. The number of hydrogen-bond acceptors (Lipinski definition) is 4. The van der Waals surface area contributed by atoms with Gasteiger partial charge in [0.2, 0.25) is 20.0 Å². The van der Waals surface area contributed by atoms with Gasteiger partial charge in [-0.2, -0.15) is 4.31 Å². The summed E-state index contributed by atoms with van der Waals surface area (Å²) in [4.78, 5) is -0.931. The molecule has 0 saturated heterocycles. The molecule has 0 spiro atoms. The first-order valence-electron chi connectivity index (χ1n) is 9.06. The van der Waals surface area contributed by atoms with Crippen LogP contribution in [0.15, 0.2) is 46.2 Å².